The van der Waals surface area contributed by atoms with E-state index in [4.69, 9.17) is 0 Å². The normalized spacial score (nSPS) is 24.4. The Kier molecular flexibility index (Phi) is 2.49. The van der Waals surface area contributed by atoms with Gasteiger partial charge in [0.2, 0.25) is 0 Å². The van der Waals surface area contributed by atoms with Crippen LogP contribution in [0.2, 0.25) is 0 Å². The van der Waals surface area contributed by atoms with Crippen molar-refractivity contribution in [1.29, 1.82) is 0 Å². The van der Waals surface area contributed by atoms with E-state index in [1.807, 2.05) is 30.3 Å². The third-order valence-corrected chi connectivity index (χ3v) is 4.49. The summed E-state index contributed by atoms with van der Waals surface area (Å²) < 4.78 is 0. The molecule has 0 fully saturated rings. The Morgan fingerprint density at radius 3 is 2.43 bits per heavy atom. The van der Waals surface area contributed by atoms with E-state index in [2.05, 4.69) is 24.3 Å². The van der Waals surface area contributed by atoms with Crippen molar-refractivity contribution in [1.82, 2.24) is 0 Å². The second kappa shape index (κ2) is 4.17. The first-order valence-corrected chi connectivity index (χ1v) is 7.12. The summed E-state index contributed by atoms with van der Waals surface area (Å²) in [7, 11) is 0. The smallest absolute Gasteiger partial charge is 0.117 e. The van der Waals surface area contributed by atoms with Gasteiger partial charge in [-0.2, -0.15) is 0 Å². The molecule has 1 aliphatic rings. The second-order valence-electron chi connectivity index (χ2n) is 5.90. The monoisotopic (exact) mass is 276 g/mol. The molecule has 0 aromatic heterocycles. The van der Waals surface area contributed by atoms with Gasteiger partial charge in [0.25, 0.3) is 0 Å². The third kappa shape index (κ3) is 1.73. The second-order valence-corrected chi connectivity index (χ2v) is 5.90. The Morgan fingerprint density at radius 1 is 0.952 bits per heavy atom. The minimum Gasteiger partial charge on any atom is -0.386 e. The summed E-state index contributed by atoms with van der Waals surface area (Å²) >= 11 is 0. The van der Waals surface area contributed by atoms with Crippen LogP contribution >= 0.6 is 0 Å². The van der Waals surface area contributed by atoms with Crippen LogP contribution in [-0.4, -0.2) is 16.3 Å². The molecule has 4 rings (SSSR count). The zero-order chi connectivity index (χ0) is 14.6. The van der Waals surface area contributed by atoms with Crippen molar-refractivity contribution in [3.63, 3.8) is 0 Å². The molecular formula is C19H16O2. The molecule has 0 heterocycles. The molecule has 104 valence electrons. The SMILES string of the molecule is CC1(O)c2ccc3cc4ccccc4cc3c2C=CC1O. The molecule has 2 nitrogen and oxygen atoms in total. The van der Waals surface area contributed by atoms with Crippen LogP contribution < -0.4 is 0 Å². The topological polar surface area (TPSA) is 40.5 Å². The van der Waals surface area contributed by atoms with Gasteiger partial charge in [-0.1, -0.05) is 48.6 Å². The summed E-state index contributed by atoms with van der Waals surface area (Å²) in [6, 6.07) is 16.5. The summed E-state index contributed by atoms with van der Waals surface area (Å²) in [5, 5.41) is 25.2. The van der Waals surface area contributed by atoms with Crippen LogP contribution in [0, 0.1) is 0 Å². The molecule has 2 N–H and O–H groups in total. The van der Waals surface area contributed by atoms with Gasteiger partial charge >= 0.3 is 0 Å². The predicted molar refractivity (Wildman–Crippen MR) is 86.1 cm³/mol. The van der Waals surface area contributed by atoms with Crippen LogP contribution in [0.15, 0.2) is 54.6 Å². The molecule has 0 spiro atoms. The van der Waals surface area contributed by atoms with Crippen LogP contribution in [0.4, 0.5) is 0 Å². The van der Waals surface area contributed by atoms with Gasteiger partial charge in [0.05, 0.1) is 0 Å². The molecule has 1 aliphatic carbocycles. The number of aliphatic hydroxyl groups is 2. The highest BCUT2D eigenvalue weighted by atomic mass is 16.3. The molecular weight excluding hydrogens is 260 g/mol. The highest BCUT2D eigenvalue weighted by Gasteiger charge is 2.35. The van der Waals surface area contributed by atoms with Gasteiger partial charge in [0.1, 0.15) is 11.7 Å². The average molecular weight is 276 g/mol. The van der Waals surface area contributed by atoms with Crippen LogP contribution in [0.3, 0.4) is 0 Å². The third-order valence-electron chi connectivity index (χ3n) is 4.49. The molecule has 0 saturated heterocycles. The van der Waals surface area contributed by atoms with Gasteiger partial charge in [-0.15, -0.1) is 0 Å². The van der Waals surface area contributed by atoms with E-state index >= 15 is 0 Å². The molecule has 3 aromatic rings. The van der Waals surface area contributed by atoms with Crippen LogP contribution in [0.25, 0.3) is 27.6 Å². The average Bonchev–Trinajstić information content (AvgIpc) is 2.48. The number of hydrogen-bond donors (Lipinski definition) is 2. The molecule has 0 saturated carbocycles. The Hall–Kier alpha value is -2.16. The lowest BCUT2D eigenvalue weighted by Crippen LogP contribution is -2.37. The summed E-state index contributed by atoms with van der Waals surface area (Å²) in [6.07, 6.45) is 2.70. The molecule has 0 aliphatic heterocycles. The fourth-order valence-corrected chi connectivity index (χ4v) is 3.19. The van der Waals surface area contributed by atoms with Crippen LogP contribution in [0.1, 0.15) is 18.1 Å². The minimum atomic E-state index is -1.25. The summed E-state index contributed by atoms with van der Waals surface area (Å²) in [5.74, 6) is 0. The molecule has 21 heavy (non-hydrogen) atoms. The first-order valence-electron chi connectivity index (χ1n) is 7.12. The lowest BCUT2D eigenvalue weighted by Gasteiger charge is -2.33. The fourth-order valence-electron chi connectivity index (χ4n) is 3.19. The molecule has 0 amide bonds. The zero-order valence-electron chi connectivity index (χ0n) is 11.7. The molecule has 2 unspecified atom stereocenters. The Balaban J connectivity index is 2.11. The van der Waals surface area contributed by atoms with E-state index in [0.717, 1.165) is 21.9 Å². The summed E-state index contributed by atoms with van der Waals surface area (Å²) in [4.78, 5) is 0. The number of aliphatic hydroxyl groups excluding tert-OH is 1. The van der Waals surface area contributed by atoms with Gasteiger partial charge in [0, 0.05) is 0 Å². The Labute approximate surface area is 123 Å². The molecule has 3 aromatic carbocycles. The Morgan fingerprint density at radius 2 is 1.67 bits per heavy atom. The number of benzene rings is 3. The maximum absolute atomic E-state index is 10.6. The van der Waals surface area contributed by atoms with E-state index in [1.165, 1.54) is 10.8 Å². The highest BCUT2D eigenvalue weighted by Crippen LogP contribution is 2.38. The van der Waals surface area contributed by atoms with Crippen molar-refractivity contribution in [2.24, 2.45) is 0 Å². The van der Waals surface area contributed by atoms with Gasteiger partial charge in [0.15, 0.2) is 0 Å². The lowest BCUT2D eigenvalue weighted by atomic mass is 9.80. The summed E-state index contributed by atoms with van der Waals surface area (Å²) in [6.45, 7) is 1.66. The maximum atomic E-state index is 10.6. The highest BCUT2D eigenvalue weighted by molar-refractivity contribution is 6.02. The van der Waals surface area contributed by atoms with Crippen molar-refractivity contribution in [3.8, 4) is 0 Å². The Bertz CT molecular complexity index is 891. The molecule has 0 radical (unpaired) electrons. The van der Waals surface area contributed by atoms with Gasteiger partial charge < -0.3 is 10.2 Å². The minimum absolute atomic E-state index is 0.778. The molecule has 2 atom stereocenters. The number of fused-ring (bicyclic) bond motifs is 4. The van der Waals surface area contributed by atoms with E-state index < -0.39 is 11.7 Å². The van der Waals surface area contributed by atoms with E-state index in [0.29, 0.717) is 0 Å². The quantitative estimate of drug-likeness (QED) is 0.616. The molecule has 0 bridgehead atoms. The largest absolute Gasteiger partial charge is 0.386 e. The number of rotatable bonds is 0. The van der Waals surface area contributed by atoms with Crippen molar-refractivity contribution >= 4 is 27.6 Å². The van der Waals surface area contributed by atoms with Crippen molar-refractivity contribution < 1.29 is 10.2 Å². The van der Waals surface area contributed by atoms with E-state index in [-0.39, 0.29) is 0 Å². The van der Waals surface area contributed by atoms with Crippen molar-refractivity contribution in [2.45, 2.75) is 18.6 Å². The van der Waals surface area contributed by atoms with Gasteiger partial charge in [-0.25, -0.2) is 0 Å². The van der Waals surface area contributed by atoms with Crippen molar-refractivity contribution in [2.75, 3.05) is 0 Å². The standard InChI is InChI=1S/C19H16O2/c1-19(21)17-8-6-14-10-12-4-2-3-5-13(12)11-16(14)15(17)7-9-18(19)20/h2-11,18,20-21H,1H3. The molecule has 2 heteroatoms. The first-order chi connectivity index (χ1) is 10.1. The number of hydrogen-bond acceptors (Lipinski definition) is 2. The maximum Gasteiger partial charge on any atom is 0.117 e. The van der Waals surface area contributed by atoms with Crippen LogP contribution in [-0.2, 0) is 5.60 Å². The van der Waals surface area contributed by atoms with Crippen LogP contribution in [0.5, 0.6) is 0 Å². The van der Waals surface area contributed by atoms with E-state index in [1.54, 1.807) is 13.0 Å². The fraction of sp³-hybridized carbons (Fsp3) is 0.158. The van der Waals surface area contributed by atoms with Crippen molar-refractivity contribution in [3.05, 3.63) is 65.7 Å². The predicted octanol–water partition coefficient (Wildman–Crippen LogP) is 3.59. The summed E-state index contributed by atoms with van der Waals surface area (Å²) in [5.41, 5.74) is 0.526. The van der Waals surface area contributed by atoms with Gasteiger partial charge in [-0.3, -0.25) is 0 Å². The van der Waals surface area contributed by atoms with Gasteiger partial charge in [-0.05, 0) is 51.7 Å². The first kappa shape index (κ1) is 12.6. The zero-order valence-corrected chi connectivity index (χ0v) is 11.7. The van der Waals surface area contributed by atoms with E-state index in [9.17, 15) is 10.2 Å². The lowest BCUT2D eigenvalue weighted by molar-refractivity contribution is -0.0435.